The highest BCUT2D eigenvalue weighted by atomic mass is 16.4. The van der Waals surface area contributed by atoms with Crippen LogP contribution in [0.1, 0.15) is 30.9 Å². The third kappa shape index (κ3) is 2.57. The van der Waals surface area contributed by atoms with Gasteiger partial charge in [0.15, 0.2) is 5.78 Å². The van der Waals surface area contributed by atoms with Crippen molar-refractivity contribution in [2.24, 2.45) is 0 Å². The number of hydrogen-bond acceptors (Lipinski definition) is 4. The molecular formula is C14H15BN2O4. The van der Waals surface area contributed by atoms with E-state index in [1.165, 1.54) is 0 Å². The summed E-state index contributed by atoms with van der Waals surface area (Å²) in [5.74, 6) is 0.0173. The fraction of sp³-hybridized carbons (Fsp3) is 0.286. The number of amides is 2. The Balaban J connectivity index is 2.05. The summed E-state index contributed by atoms with van der Waals surface area (Å²) in [5, 5.41) is 24.0. The van der Waals surface area contributed by atoms with Crippen LogP contribution in [-0.4, -0.2) is 29.0 Å². The highest BCUT2D eigenvalue weighted by Crippen LogP contribution is 2.32. The zero-order valence-electron chi connectivity index (χ0n) is 11.3. The molecule has 0 bridgehead atoms. The molecule has 0 saturated carbocycles. The van der Waals surface area contributed by atoms with Crippen molar-refractivity contribution in [3.8, 4) is 0 Å². The summed E-state index contributed by atoms with van der Waals surface area (Å²) >= 11 is 0. The van der Waals surface area contributed by atoms with Crippen molar-refractivity contribution < 1.29 is 19.6 Å². The second-order valence-electron chi connectivity index (χ2n) is 5.24. The quantitative estimate of drug-likeness (QED) is 0.562. The summed E-state index contributed by atoms with van der Waals surface area (Å²) in [6.07, 6.45) is 1.88. The number of nitrogens with one attached hydrogen (secondary N) is 2. The van der Waals surface area contributed by atoms with Gasteiger partial charge in [0.25, 0.3) is 0 Å². The topological polar surface area (TPSA) is 98.7 Å². The number of carbonyl (C=O) groups is 2. The van der Waals surface area contributed by atoms with E-state index in [0.717, 1.165) is 6.42 Å². The largest absolute Gasteiger partial charge is 0.488 e. The van der Waals surface area contributed by atoms with E-state index in [4.69, 9.17) is 0 Å². The molecule has 0 spiro atoms. The Morgan fingerprint density at radius 3 is 2.76 bits per heavy atom. The number of ketones is 1. The Morgan fingerprint density at radius 2 is 2.00 bits per heavy atom. The number of benzene rings is 1. The van der Waals surface area contributed by atoms with Crippen LogP contribution in [0.4, 0.5) is 4.79 Å². The lowest BCUT2D eigenvalue weighted by atomic mass is 9.77. The minimum absolute atomic E-state index is 0.0173. The molecule has 1 heterocycles. The Morgan fingerprint density at radius 1 is 1.19 bits per heavy atom. The van der Waals surface area contributed by atoms with E-state index in [9.17, 15) is 19.6 Å². The van der Waals surface area contributed by atoms with Crippen LogP contribution >= 0.6 is 0 Å². The van der Waals surface area contributed by atoms with E-state index >= 15 is 0 Å². The number of urea groups is 1. The van der Waals surface area contributed by atoms with Gasteiger partial charge in [0, 0.05) is 17.7 Å². The average molecular weight is 286 g/mol. The number of carbonyl (C=O) groups excluding carboxylic acids is 2. The maximum absolute atomic E-state index is 12.2. The molecule has 1 aromatic rings. The molecule has 7 heteroatoms. The van der Waals surface area contributed by atoms with Gasteiger partial charge in [-0.25, -0.2) is 4.79 Å². The minimum atomic E-state index is -1.59. The van der Waals surface area contributed by atoms with Crippen LogP contribution in [0.5, 0.6) is 0 Å². The first-order valence-electron chi connectivity index (χ1n) is 6.86. The molecule has 0 radical (unpaired) electrons. The summed E-state index contributed by atoms with van der Waals surface area (Å²) in [5.41, 5.74) is 2.24. The monoisotopic (exact) mass is 286 g/mol. The molecular weight excluding hydrogens is 271 g/mol. The zero-order valence-corrected chi connectivity index (χ0v) is 11.3. The molecule has 2 aliphatic rings. The lowest BCUT2D eigenvalue weighted by molar-refractivity contribution is -0.116. The predicted molar refractivity (Wildman–Crippen MR) is 76.6 cm³/mol. The van der Waals surface area contributed by atoms with Crippen LogP contribution in [0.2, 0.25) is 0 Å². The van der Waals surface area contributed by atoms with Gasteiger partial charge in [-0.05, 0) is 23.9 Å². The molecule has 0 aromatic heterocycles. The van der Waals surface area contributed by atoms with Crippen molar-refractivity contribution in [1.29, 1.82) is 0 Å². The van der Waals surface area contributed by atoms with E-state index in [2.05, 4.69) is 10.6 Å². The minimum Gasteiger partial charge on any atom is -0.423 e. The summed E-state index contributed by atoms with van der Waals surface area (Å²) in [7, 11) is -1.59. The molecule has 4 N–H and O–H groups in total. The van der Waals surface area contributed by atoms with Crippen molar-refractivity contribution >= 4 is 24.4 Å². The lowest BCUT2D eigenvalue weighted by Gasteiger charge is -2.32. The van der Waals surface area contributed by atoms with Crippen LogP contribution in [0.25, 0.3) is 0 Å². The van der Waals surface area contributed by atoms with Crippen LogP contribution in [0.15, 0.2) is 35.5 Å². The third-order valence-electron chi connectivity index (χ3n) is 3.83. The van der Waals surface area contributed by atoms with E-state index < -0.39 is 13.2 Å². The van der Waals surface area contributed by atoms with E-state index in [1.807, 2.05) is 0 Å². The Kier molecular flexibility index (Phi) is 3.53. The summed E-state index contributed by atoms with van der Waals surface area (Å²) < 4.78 is 0. The molecule has 0 saturated heterocycles. The summed E-state index contributed by atoms with van der Waals surface area (Å²) in [6.45, 7) is 0. The first-order valence-corrected chi connectivity index (χ1v) is 6.86. The van der Waals surface area contributed by atoms with Crippen LogP contribution in [0, 0.1) is 0 Å². The lowest BCUT2D eigenvalue weighted by Crippen LogP contribution is -2.47. The van der Waals surface area contributed by atoms with Crippen molar-refractivity contribution in [3.05, 3.63) is 41.1 Å². The number of hydrogen-bond donors (Lipinski definition) is 4. The summed E-state index contributed by atoms with van der Waals surface area (Å²) in [4.78, 5) is 24.0. The second kappa shape index (κ2) is 5.35. The Labute approximate surface area is 122 Å². The van der Waals surface area contributed by atoms with Gasteiger partial charge in [-0.2, -0.15) is 0 Å². The normalized spacial score (nSPS) is 21.5. The maximum atomic E-state index is 12.2. The van der Waals surface area contributed by atoms with Gasteiger partial charge < -0.3 is 20.7 Å². The van der Waals surface area contributed by atoms with Gasteiger partial charge in [0.05, 0.1) is 6.04 Å². The fourth-order valence-corrected chi connectivity index (χ4v) is 2.85. The molecule has 2 amide bonds. The van der Waals surface area contributed by atoms with E-state index in [1.54, 1.807) is 24.3 Å². The molecule has 21 heavy (non-hydrogen) atoms. The fourth-order valence-electron chi connectivity index (χ4n) is 2.85. The molecule has 1 unspecified atom stereocenters. The molecule has 3 rings (SSSR count). The molecule has 0 fully saturated rings. The summed E-state index contributed by atoms with van der Waals surface area (Å²) in [6, 6.07) is 5.71. The molecule has 6 nitrogen and oxygen atoms in total. The van der Waals surface area contributed by atoms with Crippen molar-refractivity contribution in [2.75, 3.05) is 0 Å². The van der Waals surface area contributed by atoms with Gasteiger partial charge in [0.1, 0.15) is 0 Å². The molecule has 108 valence electrons. The third-order valence-corrected chi connectivity index (χ3v) is 3.83. The highest BCUT2D eigenvalue weighted by Gasteiger charge is 2.34. The second-order valence-corrected chi connectivity index (χ2v) is 5.24. The first kappa shape index (κ1) is 13.8. The zero-order chi connectivity index (χ0) is 15.0. The van der Waals surface area contributed by atoms with Gasteiger partial charge in [-0.15, -0.1) is 0 Å². The van der Waals surface area contributed by atoms with Crippen molar-refractivity contribution in [1.82, 2.24) is 10.6 Å². The van der Waals surface area contributed by atoms with Crippen molar-refractivity contribution in [2.45, 2.75) is 25.3 Å². The Bertz CT molecular complexity index is 642. The SMILES string of the molecule is O=C1NC2=C(C(=O)CCC2)C(c2cccc(B(O)O)c2)N1. The first-order chi connectivity index (χ1) is 10.1. The average Bonchev–Trinajstić information content (AvgIpc) is 2.46. The molecule has 1 atom stereocenters. The van der Waals surface area contributed by atoms with Crippen LogP contribution < -0.4 is 16.1 Å². The molecule has 1 aliphatic heterocycles. The van der Waals surface area contributed by atoms with E-state index in [-0.39, 0.29) is 11.8 Å². The number of Topliss-reactive ketones (excluding diaryl/α,β-unsaturated/α-hetero) is 1. The maximum Gasteiger partial charge on any atom is 0.488 e. The van der Waals surface area contributed by atoms with Crippen molar-refractivity contribution in [3.63, 3.8) is 0 Å². The highest BCUT2D eigenvalue weighted by molar-refractivity contribution is 6.58. The molecule has 1 aliphatic carbocycles. The smallest absolute Gasteiger partial charge is 0.423 e. The van der Waals surface area contributed by atoms with Gasteiger partial charge in [-0.3, -0.25) is 4.79 Å². The number of rotatable bonds is 2. The predicted octanol–water partition coefficient (Wildman–Crippen LogP) is -0.273. The van der Waals surface area contributed by atoms with Gasteiger partial charge >= 0.3 is 13.1 Å². The molecule has 1 aromatic carbocycles. The van der Waals surface area contributed by atoms with Gasteiger partial charge in [-0.1, -0.05) is 24.3 Å². The Hall–Kier alpha value is -2.12. The van der Waals surface area contributed by atoms with Gasteiger partial charge in [0.2, 0.25) is 0 Å². The standard InChI is InChI=1S/C14H15BN2O4/c18-11-6-2-5-10-12(11)13(17-14(19)16-10)8-3-1-4-9(7-8)15(20)21/h1,3-4,7,13,20-21H,2,5-6H2,(H2,16,17,19). The van der Waals surface area contributed by atoms with Crippen LogP contribution in [-0.2, 0) is 4.79 Å². The van der Waals surface area contributed by atoms with Crippen LogP contribution in [0.3, 0.4) is 0 Å². The number of allylic oxidation sites excluding steroid dienone is 1. The van der Waals surface area contributed by atoms with E-state index in [0.29, 0.717) is 35.1 Å².